The summed E-state index contributed by atoms with van der Waals surface area (Å²) in [5, 5.41) is 8.90. The summed E-state index contributed by atoms with van der Waals surface area (Å²) in [6.45, 7) is 12.7. The number of rotatable bonds is 4. The van der Waals surface area contributed by atoms with Gasteiger partial charge in [-0.25, -0.2) is 0 Å². The molecule has 30 heavy (non-hydrogen) atoms. The van der Waals surface area contributed by atoms with E-state index in [-0.39, 0.29) is 23.5 Å². The van der Waals surface area contributed by atoms with E-state index in [1.807, 2.05) is 32.0 Å². The molecule has 2 aromatic rings. The van der Waals surface area contributed by atoms with Gasteiger partial charge in [0, 0.05) is 16.7 Å². The van der Waals surface area contributed by atoms with Crippen LogP contribution in [0.1, 0.15) is 70.2 Å². The van der Waals surface area contributed by atoms with Crippen LogP contribution in [0.3, 0.4) is 0 Å². The van der Waals surface area contributed by atoms with Crippen molar-refractivity contribution in [3.8, 4) is 23.3 Å². The fourth-order valence-corrected chi connectivity index (χ4v) is 4.12. The van der Waals surface area contributed by atoms with Crippen LogP contribution in [-0.4, -0.2) is 22.8 Å². The van der Waals surface area contributed by atoms with E-state index in [1.165, 1.54) is 0 Å². The fourth-order valence-electron chi connectivity index (χ4n) is 4.12. The maximum Gasteiger partial charge on any atom is 0.307 e. The Morgan fingerprint density at radius 1 is 1.10 bits per heavy atom. The van der Waals surface area contributed by atoms with Gasteiger partial charge in [0.25, 0.3) is 0 Å². The molecule has 1 N–H and O–H groups in total. The number of fused-ring (bicyclic) bond motifs is 1. The molecule has 0 bridgehead atoms. The third kappa shape index (κ3) is 5.16. The number of carboxylic acid groups (broad SMARTS) is 1. The Labute approximate surface area is 179 Å². The topological polar surface area (TPSA) is 55.8 Å². The van der Waals surface area contributed by atoms with E-state index in [0.29, 0.717) is 0 Å². The highest BCUT2D eigenvalue weighted by atomic mass is 16.5. The monoisotopic (exact) mass is 406 g/mol. The molecule has 4 nitrogen and oxygen atoms in total. The van der Waals surface area contributed by atoms with E-state index in [9.17, 15) is 4.79 Å². The van der Waals surface area contributed by atoms with Crippen LogP contribution in [0.4, 0.5) is 0 Å². The second-order valence-electron chi connectivity index (χ2n) is 9.46. The lowest BCUT2D eigenvalue weighted by atomic mass is 9.73. The van der Waals surface area contributed by atoms with Crippen molar-refractivity contribution >= 4 is 5.97 Å². The van der Waals surface area contributed by atoms with Crippen LogP contribution in [0, 0.1) is 11.8 Å². The van der Waals surface area contributed by atoms with Crippen molar-refractivity contribution < 1.29 is 19.4 Å². The van der Waals surface area contributed by atoms with E-state index in [2.05, 4.69) is 45.6 Å². The molecule has 0 spiro atoms. The lowest BCUT2D eigenvalue weighted by molar-refractivity contribution is -0.136. The first-order chi connectivity index (χ1) is 13.9. The van der Waals surface area contributed by atoms with Crippen LogP contribution in [0.2, 0.25) is 0 Å². The number of hydrogen-bond acceptors (Lipinski definition) is 3. The number of hydrogen-bond donors (Lipinski definition) is 1. The summed E-state index contributed by atoms with van der Waals surface area (Å²) < 4.78 is 12.4. The van der Waals surface area contributed by atoms with Crippen molar-refractivity contribution in [2.75, 3.05) is 0 Å². The molecular formula is C26H30O4. The van der Waals surface area contributed by atoms with Crippen molar-refractivity contribution in [1.29, 1.82) is 0 Å². The van der Waals surface area contributed by atoms with E-state index >= 15 is 0 Å². The van der Waals surface area contributed by atoms with Gasteiger partial charge in [-0.3, -0.25) is 4.79 Å². The SMILES string of the molecule is CC(C)Oc1cc(C#Cc2ccc(CC(=O)O)cc2)cc2c1OC(C)(C)CC2(C)C. The zero-order valence-electron chi connectivity index (χ0n) is 18.6. The van der Waals surface area contributed by atoms with Crippen molar-refractivity contribution in [3.05, 3.63) is 58.7 Å². The van der Waals surface area contributed by atoms with Gasteiger partial charge in [0.1, 0.15) is 5.60 Å². The van der Waals surface area contributed by atoms with Gasteiger partial charge in [-0.15, -0.1) is 0 Å². The molecule has 0 atom stereocenters. The molecule has 1 aliphatic rings. The van der Waals surface area contributed by atoms with Crippen LogP contribution in [0.5, 0.6) is 11.5 Å². The quantitative estimate of drug-likeness (QED) is 0.697. The summed E-state index contributed by atoms with van der Waals surface area (Å²) in [4.78, 5) is 10.8. The smallest absolute Gasteiger partial charge is 0.307 e. The second-order valence-corrected chi connectivity index (χ2v) is 9.46. The fraction of sp³-hybridized carbons (Fsp3) is 0.423. The third-order valence-corrected chi connectivity index (χ3v) is 5.05. The number of carbonyl (C=O) groups is 1. The standard InChI is InChI=1S/C26H30O4/c1-17(2)29-22-14-20(12-9-18-7-10-19(11-8-18)15-23(27)28)13-21-24(22)30-26(5,6)16-25(21,3)4/h7-8,10-11,13-14,17H,15-16H2,1-6H3,(H,27,28). The maximum absolute atomic E-state index is 10.8. The van der Waals surface area contributed by atoms with Crippen molar-refractivity contribution in [2.45, 2.75) is 71.5 Å². The molecule has 0 aliphatic carbocycles. The highest BCUT2D eigenvalue weighted by Gasteiger charge is 2.40. The molecule has 0 unspecified atom stereocenters. The van der Waals surface area contributed by atoms with Gasteiger partial charge >= 0.3 is 5.97 Å². The van der Waals surface area contributed by atoms with Crippen molar-refractivity contribution in [1.82, 2.24) is 0 Å². The van der Waals surface area contributed by atoms with Crippen LogP contribution >= 0.6 is 0 Å². The second kappa shape index (κ2) is 8.07. The summed E-state index contributed by atoms with van der Waals surface area (Å²) in [6.07, 6.45) is 0.937. The summed E-state index contributed by atoms with van der Waals surface area (Å²) in [6, 6.07) is 11.4. The van der Waals surface area contributed by atoms with Crippen LogP contribution in [0.25, 0.3) is 0 Å². The summed E-state index contributed by atoms with van der Waals surface area (Å²) in [5.74, 6) is 7.12. The minimum atomic E-state index is -0.839. The van der Waals surface area contributed by atoms with E-state index in [4.69, 9.17) is 14.6 Å². The maximum atomic E-state index is 10.8. The normalized spacial score (nSPS) is 16.1. The minimum absolute atomic E-state index is 0.0138. The number of carboxylic acids is 1. The predicted molar refractivity (Wildman–Crippen MR) is 118 cm³/mol. The Bertz CT molecular complexity index is 1000. The Hall–Kier alpha value is -2.93. The van der Waals surface area contributed by atoms with Crippen LogP contribution in [-0.2, 0) is 16.6 Å². The molecule has 1 aliphatic heterocycles. The summed E-state index contributed by atoms with van der Waals surface area (Å²) in [5.41, 5.74) is 3.25. The van der Waals surface area contributed by atoms with Crippen molar-refractivity contribution in [3.63, 3.8) is 0 Å². The van der Waals surface area contributed by atoms with Gasteiger partial charge in [-0.2, -0.15) is 0 Å². The molecule has 0 saturated heterocycles. The molecule has 158 valence electrons. The first kappa shape index (κ1) is 21.8. The molecule has 0 radical (unpaired) electrons. The highest BCUT2D eigenvalue weighted by Crippen LogP contribution is 2.49. The molecule has 4 heteroatoms. The Kier molecular flexibility index (Phi) is 5.85. The average molecular weight is 407 g/mol. The van der Waals surface area contributed by atoms with Gasteiger partial charge in [0.15, 0.2) is 11.5 Å². The van der Waals surface area contributed by atoms with Gasteiger partial charge in [0.2, 0.25) is 0 Å². The largest absolute Gasteiger partial charge is 0.487 e. The highest BCUT2D eigenvalue weighted by molar-refractivity contribution is 5.70. The molecule has 0 amide bonds. The number of ether oxygens (including phenoxy) is 2. The van der Waals surface area contributed by atoms with Crippen LogP contribution in [0.15, 0.2) is 36.4 Å². The van der Waals surface area contributed by atoms with Gasteiger partial charge in [0.05, 0.1) is 12.5 Å². The molecular weight excluding hydrogens is 376 g/mol. The lowest BCUT2D eigenvalue weighted by Crippen LogP contribution is -2.41. The molecule has 0 saturated carbocycles. The van der Waals surface area contributed by atoms with Gasteiger partial charge < -0.3 is 14.6 Å². The Morgan fingerprint density at radius 3 is 2.33 bits per heavy atom. The van der Waals surface area contributed by atoms with E-state index < -0.39 is 5.97 Å². The predicted octanol–water partition coefficient (Wildman–Crippen LogP) is 5.34. The number of aliphatic carboxylic acids is 1. The Morgan fingerprint density at radius 2 is 1.73 bits per heavy atom. The zero-order valence-corrected chi connectivity index (χ0v) is 18.6. The Balaban J connectivity index is 1.99. The first-order valence-corrected chi connectivity index (χ1v) is 10.3. The third-order valence-electron chi connectivity index (χ3n) is 5.05. The van der Waals surface area contributed by atoms with Crippen molar-refractivity contribution in [2.24, 2.45) is 0 Å². The summed E-state index contributed by atoms with van der Waals surface area (Å²) in [7, 11) is 0. The molecule has 3 rings (SSSR count). The van der Waals surface area contributed by atoms with Gasteiger partial charge in [-0.05, 0) is 69.4 Å². The molecule has 0 fully saturated rings. The minimum Gasteiger partial charge on any atom is -0.487 e. The molecule has 2 aromatic carbocycles. The summed E-state index contributed by atoms with van der Waals surface area (Å²) >= 11 is 0. The molecule has 0 aromatic heterocycles. The van der Waals surface area contributed by atoms with E-state index in [0.717, 1.165) is 40.2 Å². The van der Waals surface area contributed by atoms with Crippen LogP contribution < -0.4 is 9.47 Å². The zero-order chi connectivity index (χ0) is 22.1. The molecule has 1 heterocycles. The van der Waals surface area contributed by atoms with Gasteiger partial charge in [-0.1, -0.05) is 37.8 Å². The van der Waals surface area contributed by atoms with E-state index in [1.54, 1.807) is 12.1 Å². The number of benzene rings is 2. The first-order valence-electron chi connectivity index (χ1n) is 10.3. The average Bonchev–Trinajstić information content (AvgIpc) is 2.60. The lowest BCUT2D eigenvalue weighted by Gasteiger charge is -2.43.